The Balaban J connectivity index is 1.80. The van der Waals surface area contributed by atoms with Crippen LogP contribution in [0.1, 0.15) is 30.4 Å². The highest BCUT2D eigenvalue weighted by Gasteiger charge is 2.13. The predicted molar refractivity (Wildman–Crippen MR) is 79.0 cm³/mol. The van der Waals surface area contributed by atoms with Gasteiger partial charge in [-0.3, -0.25) is 0 Å². The highest BCUT2D eigenvalue weighted by atomic mass is 19.1. The fourth-order valence-electron chi connectivity index (χ4n) is 2.54. The summed E-state index contributed by atoms with van der Waals surface area (Å²) in [6.07, 6.45) is 5.22. The van der Waals surface area contributed by atoms with Gasteiger partial charge in [-0.1, -0.05) is 18.2 Å². The van der Waals surface area contributed by atoms with Crippen molar-refractivity contribution in [3.05, 3.63) is 71.3 Å². The van der Waals surface area contributed by atoms with Crippen LogP contribution in [0.5, 0.6) is 5.75 Å². The minimum atomic E-state index is -0.266. The van der Waals surface area contributed by atoms with E-state index < -0.39 is 0 Å². The third-order valence-corrected chi connectivity index (χ3v) is 3.64. The molecule has 21 heavy (non-hydrogen) atoms. The van der Waals surface area contributed by atoms with E-state index in [9.17, 15) is 8.78 Å². The van der Waals surface area contributed by atoms with Crippen molar-refractivity contribution in [1.82, 2.24) is 0 Å². The second-order valence-electron chi connectivity index (χ2n) is 5.18. The van der Waals surface area contributed by atoms with Gasteiger partial charge in [-0.15, -0.1) is 0 Å². The highest BCUT2D eigenvalue weighted by molar-refractivity contribution is 5.71. The molecule has 2 aromatic rings. The summed E-state index contributed by atoms with van der Waals surface area (Å²) in [6, 6.07) is 10.8. The van der Waals surface area contributed by atoms with Gasteiger partial charge in [-0.05, 0) is 60.7 Å². The SMILES string of the molecule is Fc1ccc(COc2ccc(F)cc2C2=CCCC2)cc1. The van der Waals surface area contributed by atoms with Crippen molar-refractivity contribution >= 4 is 5.57 Å². The third kappa shape index (κ3) is 3.30. The van der Waals surface area contributed by atoms with Crippen LogP contribution < -0.4 is 4.74 Å². The molecule has 0 saturated carbocycles. The van der Waals surface area contributed by atoms with E-state index >= 15 is 0 Å². The molecule has 0 atom stereocenters. The van der Waals surface area contributed by atoms with Crippen LogP contribution in [0.25, 0.3) is 5.57 Å². The van der Waals surface area contributed by atoms with E-state index in [1.807, 2.05) is 0 Å². The molecular formula is C18H16F2O. The first-order chi connectivity index (χ1) is 10.2. The van der Waals surface area contributed by atoms with Gasteiger partial charge in [-0.2, -0.15) is 0 Å². The number of ether oxygens (including phenoxy) is 1. The van der Waals surface area contributed by atoms with Crippen molar-refractivity contribution in [2.24, 2.45) is 0 Å². The van der Waals surface area contributed by atoms with E-state index in [-0.39, 0.29) is 11.6 Å². The number of rotatable bonds is 4. The lowest BCUT2D eigenvalue weighted by atomic mass is 10.0. The van der Waals surface area contributed by atoms with E-state index in [2.05, 4.69) is 6.08 Å². The zero-order valence-corrected chi connectivity index (χ0v) is 11.6. The molecule has 3 heteroatoms. The van der Waals surface area contributed by atoms with E-state index in [1.165, 1.54) is 24.3 Å². The van der Waals surface area contributed by atoms with E-state index in [1.54, 1.807) is 18.2 Å². The third-order valence-electron chi connectivity index (χ3n) is 3.64. The lowest BCUT2D eigenvalue weighted by Crippen LogP contribution is -1.99. The fourth-order valence-corrected chi connectivity index (χ4v) is 2.54. The van der Waals surface area contributed by atoms with Gasteiger partial charge in [0.2, 0.25) is 0 Å². The summed E-state index contributed by atoms with van der Waals surface area (Å²) in [4.78, 5) is 0. The Hall–Kier alpha value is -2.16. The molecule has 0 amide bonds. The Morgan fingerprint density at radius 1 is 0.952 bits per heavy atom. The molecule has 0 fully saturated rings. The number of hydrogen-bond acceptors (Lipinski definition) is 1. The lowest BCUT2D eigenvalue weighted by molar-refractivity contribution is 0.304. The molecule has 3 rings (SSSR count). The first-order valence-electron chi connectivity index (χ1n) is 7.08. The van der Waals surface area contributed by atoms with Crippen LogP contribution in [0, 0.1) is 11.6 Å². The van der Waals surface area contributed by atoms with Crippen molar-refractivity contribution in [3.63, 3.8) is 0 Å². The minimum absolute atomic E-state index is 0.257. The number of allylic oxidation sites excluding steroid dienone is 2. The standard InChI is InChI=1S/C18H16F2O/c19-15-7-5-13(6-8-15)12-21-18-10-9-16(20)11-17(18)14-3-1-2-4-14/h3,5-11H,1-2,4,12H2. The molecule has 108 valence electrons. The van der Waals surface area contributed by atoms with Crippen molar-refractivity contribution in [3.8, 4) is 5.75 Å². The summed E-state index contributed by atoms with van der Waals surface area (Å²) in [6.45, 7) is 0.339. The number of benzene rings is 2. The summed E-state index contributed by atoms with van der Waals surface area (Å²) in [5.41, 5.74) is 2.85. The maximum Gasteiger partial charge on any atom is 0.127 e. The van der Waals surface area contributed by atoms with Gasteiger partial charge in [0, 0.05) is 5.56 Å². The predicted octanol–water partition coefficient (Wildman–Crippen LogP) is 5.11. The highest BCUT2D eigenvalue weighted by Crippen LogP contribution is 2.34. The monoisotopic (exact) mass is 286 g/mol. The molecular weight excluding hydrogens is 270 g/mol. The second-order valence-corrected chi connectivity index (χ2v) is 5.18. The molecule has 0 N–H and O–H groups in total. The van der Waals surface area contributed by atoms with Crippen LogP contribution in [0.3, 0.4) is 0 Å². The zero-order valence-electron chi connectivity index (χ0n) is 11.6. The molecule has 1 aliphatic rings. The topological polar surface area (TPSA) is 9.23 Å². The Bertz CT molecular complexity index is 659. The van der Waals surface area contributed by atoms with Gasteiger partial charge in [0.1, 0.15) is 24.0 Å². The molecule has 1 nitrogen and oxygen atoms in total. The summed E-state index contributed by atoms with van der Waals surface area (Å²) in [5, 5.41) is 0. The van der Waals surface area contributed by atoms with Crippen molar-refractivity contribution in [2.45, 2.75) is 25.9 Å². The average Bonchev–Trinajstić information content (AvgIpc) is 3.02. The first kappa shape index (κ1) is 13.8. The van der Waals surface area contributed by atoms with E-state index in [4.69, 9.17) is 4.74 Å². The zero-order chi connectivity index (χ0) is 14.7. The Morgan fingerprint density at radius 2 is 1.71 bits per heavy atom. The second kappa shape index (κ2) is 6.08. The number of hydrogen-bond donors (Lipinski definition) is 0. The maximum atomic E-state index is 13.5. The summed E-state index contributed by atoms with van der Waals surface area (Å²) in [7, 11) is 0. The van der Waals surface area contributed by atoms with E-state index in [0.717, 1.165) is 36.0 Å². The average molecular weight is 286 g/mol. The molecule has 0 bridgehead atoms. The molecule has 0 unspecified atom stereocenters. The Kier molecular flexibility index (Phi) is 4.00. The molecule has 0 heterocycles. The van der Waals surface area contributed by atoms with Crippen molar-refractivity contribution in [1.29, 1.82) is 0 Å². The summed E-state index contributed by atoms with van der Waals surface area (Å²) in [5.74, 6) is 0.151. The van der Waals surface area contributed by atoms with Crippen molar-refractivity contribution in [2.75, 3.05) is 0 Å². The van der Waals surface area contributed by atoms with Gasteiger partial charge in [-0.25, -0.2) is 8.78 Å². The Labute approximate surface area is 122 Å². The summed E-state index contributed by atoms with van der Waals surface area (Å²) < 4.78 is 32.2. The molecule has 1 aliphatic carbocycles. The van der Waals surface area contributed by atoms with Crippen molar-refractivity contribution < 1.29 is 13.5 Å². The lowest BCUT2D eigenvalue weighted by Gasteiger charge is -2.12. The van der Waals surface area contributed by atoms with E-state index in [0.29, 0.717) is 12.4 Å². The van der Waals surface area contributed by atoms with Gasteiger partial charge in [0.15, 0.2) is 0 Å². The quantitative estimate of drug-likeness (QED) is 0.758. The van der Waals surface area contributed by atoms with Crippen LogP contribution >= 0.6 is 0 Å². The normalized spacial score (nSPS) is 14.1. The molecule has 2 aromatic carbocycles. The molecule has 0 aliphatic heterocycles. The van der Waals surface area contributed by atoms with Gasteiger partial charge >= 0.3 is 0 Å². The minimum Gasteiger partial charge on any atom is -0.488 e. The van der Waals surface area contributed by atoms with Crippen LogP contribution in [0.2, 0.25) is 0 Å². The van der Waals surface area contributed by atoms with Crippen LogP contribution in [0.4, 0.5) is 8.78 Å². The van der Waals surface area contributed by atoms with Gasteiger partial charge in [0.05, 0.1) is 0 Å². The smallest absolute Gasteiger partial charge is 0.127 e. The van der Waals surface area contributed by atoms with Crippen LogP contribution in [0.15, 0.2) is 48.5 Å². The number of halogens is 2. The molecule has 0 spiro atoms. The van der Waals surface area contributed by atoms with Crippen LogP contribution in [-0.4, -0.2) is 0 Å². The largest absolute Gasteiger partial charge is 0.488 e. The molecule has 0 radical (unpaired) electrons. The van der Waals surface area contributed by atoms with Crippen LogP contribution in [-0.2, 0) is 6.61 Å². The molecule has 0 saturated heterocycles. The first-order valence-corrected chi connectivity index (χ1v) is 7.08. The fraction of sp³-hybridized carbons (Fsp3) is 0.222. The summed E-state index contributed by atoms with van der Waals surface area (Å²) >= 11 is 0. The molecule has 0 aromatic heterocycles. The van der Waals surface area contributed by atoms with Gasteiger partial charge < -0.3 is 4.74 Å². The maximum absolute atomic E-state index is 13.5. The Morgan fingerprint density at radius 3 is 2.43 bits per heavy atom. The van der Waals surface area contributed by atoms with Gasteiger partial charge in [0.25, 0.3) is 0 Å².